The Hall–Kier alpha value is -0.630. The van der Waals surface area contributed by atoms with Gasteiger partial charge in [-0.25, -0.2) is 0 Å². The van der Waals surface area contributed by atoms with Gasteiger partial charge >= 0.3 is 0 Å². The van der Waals surface area contributed by atoms with Crippen molar-refractivity contribution < 1.29 is 9.90 Å². The third-order valence-corrected chi connectivity index (χ3v) is 7.86. The summed E-state index contributed by atoms with van der Waals surface area (Å²) in [6.45, 7) is 4.46. The van der Waals surface area contributed by atoms with Crippen molar-refractivity contribution in [2.24, 2.45) is 29.1 Å². The van der Waals surface area contributed by atoms with E-state index in [2.05, 4.69) is 6.92 Å². The molecule has 0 aromatic rings. The quantitative estimate of drug-likeness (QED) is 0.734. The molecule has 0 spiro atoms. The number of fused-ring (bicyclic) bond motifs is 4. The molecule has 0 aliphatic heterocycles. The molecule has 0 bridgehead atoms. The first kappa shape index (κ1) is 14.9. The molecule has 2 fully saturated rings. The second-order valence-corrected chi connectivity index (χ2v) is 8.73. The maximum atomic E-state index is 11.8. The number of carbonyl (C=O) groups excluding carboxylic acids is 1. The molecule has 4 aliphatic rings. The lowest BCUT2D eigenvalue weighted by Gasteiger charge is -2.52. The Bertz CT molecular complexity index is 518. The van der Waals surface area contributed by atoms with E-state index < -0.39 is 0 Å². The Morgan fingerprint density at radius 1 is 1.14 bits per heavy atom. The van der Waals surface area contributed by atoms with Crippen molar-refractivity contribution in [1.29, 1.82) is 0 Å². The Morgan fingerprint density at radius 3 is 2.73 bits per heavy atom. The predicted octanol–water partition coefficient (Wildman–Crippen LogP) is 4.27. The van der Waals surface area contributed by atoms with Gasteiger partial charge in [-0.2, -0.15) is 0 Å². The number of Topliss-reactive ketones (excluding diaryl/α,β-unsaturated/α-hetero) is 1. The van der Waals surface area contributed by atoms with Gasteiger partial charge in [-0.05, 0) is 81.0 Å². The molecule has 2 heteroatoms. The zero-order valence-corrected chi connectivity index (χ0v) is 14.1. The van der Waals surface area contributed by atoms with Gasteiger partial charge in [0.15, 0.2) is 0 Å². The lowest BCUT2D eigenvalue weighted by molar-refractivity contribution is -0.119. The highest BCUT2D eigenvalue weighted by Crippen LogP contribution is 2.63. The molecule has 0 heterocycles. The van der Waals surface area contributed by atoms with E-state index in [1.807, 2.05) is 6.92 Å². The first-order valence-corrected chi connectivity index (χ1v) is 9.41. The van der Waals surface area contributed by atoms with Crippen LogP contribution in [0.25, 0.3) is 0 Å². The van der Waals surface area contributed by atoms with Crippen LogP contribution in [-0.2, 0) is 4.79 Å². The summed E-state index contributed by atoms with van der Waals surface area (Å²) in [4.78, 5) is 11.8. The van der Waals surface area contributed by atoms with Gasteiger partial charge in [0.25, 0.3) is 0 Å². The van der Waals surface area contributed by atoms with Crippen LogP contribution in [0.1, 0.15) is 71.6 Å². The number of aliphatic hydroxyl groups is 1. The summed E-state index contributed by atoms with van der Waals surface area (Å²) in [5.41, 5.74) is 3.57. The number of allylic oxidation sites excluding steroid dienone is 2. The van der Waals surface area contributed by atoms with E-state index in [1.54, 1.807) is 5.57 Å². The SMILES string of the molecule is C[C@H](O)[C@@H]1CC[C@@H]2[C@@H]3CCC4=C(CCC(=O)C4)[C@H]3CC[C@@]21C. The van der Waals surface area contributed by atoms with Crippen molar-refractivity contribution in [3.05, 3.63) is 11.1 Å². The lowest BCUT2D eigenvalue weighted by Crippen LogP contribution is -2.45. The predicted molar refractivity (Wildman–Crippen MR) is 87.3 cm³/mol. The van der Waals surface area contributed by atoms with Gasteiger partial charge in [0.1, 0.15) is 5.78 Å². The largest absolute Gasteiger partial charge is 0.393 e. The maximum Gasteiger partial charge on any atom is 0.137 e. The second kappa shape index (κ2) is 5.19. The summed E-state index contributed by atoms with van der Waals surface area (Å²) in [6, 6.07) is 0. The molecular formula is C20H30O2. The van der Waals surface area contributed by atoms with Crippen LogP contribution in [0.2, 0.25) is 0 Å². The van der Waals surface area contributed by atoms with Crippen molar-refractivity contribution in [3.63, 3.8) is 0 Å². The van der Waals surface area contributed by atoms with E-state index in [0.29, 0.717) is 17.1 Å². The summed E-state index contributed by atoms with van der Waals surface area (Å²) in [7, 11) is 0. The number of aliphatic hydroxyl groups excluding tert-OH is 1. The third-order valence-electron chi connectivity index (χ3n) is 7.86. The average Bonchev–Trinajstić information content (AvgIpc) is 2.84. The van der Waals surface area contributed by atoms with Crippen LogP contribution in [0.4, 0.5) is 0 Å². The minimum absolute atomic E-state index is 0.155. The number of hydrogen-bond acceptors (Lipinski definition) is 2. The molecule has 0 aromatic carbocycles. The standard InChI is InChI=1S/C20H30O2/c1-12(21)18-7-8-19-17-5-3-13-11-14(22)4-6-15(13)16(17)9-10-20(18,19)2/h12,16-19,21H,3-11H2,1-2H3/t12-,16+,17+,18-,19+,20+/m0/s1. The average molecular weight is 302 g/mol. The van der Waals surface area contributed by atoms with Gasteiger partial charge < -0.3 is 5.11 Å². The lowest BCUT2D eigenvalue weighted by atomic mass is 9.53. The molecular weight excluding hydrogens is 272 g/mol. The van der Waals surface area contributed by atoms with Gasteiger partial charge in [-0.15, -0.1) is 0 Å². The number of hydrogen-bond donors (Lipinski definition) is 1. The molecule has 2 nitrogen and oxygen atoms in total. The minimum Gasteiger partial charge on any atom is -0.393 e. The van der Waals surface area contributed by atoms with Crippen LogP contribution < -0.4 is 0 Å². The highest BCUT2D eigenvalue weighted by molar-refractivity contribution is 5.82. The van der Waals surface area contributed by atoms with Gasteiger partial charge in [-0.1, -0.05) is 18.1 Å². The van der Waals surface area contributed by atoms with Crippen LogP contribution in [0.5, 0.6) is 0 Å². The smallest absolute Gasteiger partial charge is 0.137 e. The van der Waals surface area contributed by atoms with Crippen LogP contribution in [0, 0.1) is 29.1 Å². The van der Waals surface area contributed by atoms with E-state index >= 15 is 0 Å². The minimum atomic E-state index is -0.155. The fourth-order valence-electron chi connectivity index (χ4n) is 6.88. The monoisotopic (exact) mass is 302 g/mol. The van der Waals surface area contributed by atoms with Gasteiger partial charge in [0.05, 0.1) is 6.10 Å². The van der Waals surface area contributed by atoms with E-state index in [-0.39, 0.29) is 6.10 Å². The van der Waals surface area contributed by atoms with Gasteiger partial charge in [0, 0.05) is 12.8 Å². The highest BCUT2D eigenvalue weighted by atomic mass is 16.3. The third kappa shape index (κ3) is 2.06. The van der Waals surface area contributed by atoms with Crippen LogP contribution in [0.3, 0.4) is 0 Å². The molecule has 0 amide bonds. The molecule has 0 radical (unpaired) electrons. The summed E-state index contributed by atoms with van der Waals surface area (Å²) in [6.07, 6.45) is 10.0. The van der Waals surface area contributed by atoms with Gasteiger partial charge in [-0.3, -0.25) is 4.79 Å². The first-order valence-electron chi connectivity index (χ1n) is 9.41. The number of carbonyl (C=O) groups is 1. The van der Waals surface area contributed by atoms with Crippen molar-refractivity contribution in [2.45, 2.75) is 77.7 Å². The summed E-state index contributed by atoms with van der Waals surface area (Å²) in [5, 5.41) is 10.2. The summed E-state index contributed by atoms with van der Waals surface area (Å²) >= 11 is 0. The zero-order valence-electron chi connectivity index (χ0n) is 14.1. The van der Waals surface area contributed by atoms with Crippen molar-refractivity contribution in [2.75, 3.05) is 0 Å². The molecule has 2 saturated carbocycles. The zero-order chi connectivity index (χ0) is 15.5. The Kier molecular flexibility index (Phi) is 3.52. The van der Waals surface area contributed by atoms with E-state index in [1.165, 1.54) is 44.1 Å². The summed E-state index contributed by atoms with van der Waals surface area (Å²) < 4.78 is 0. The molecule has 6 atom stereocenters. The van der Waals surface area contributed by atoms with Crippen molar-refractivity contribution >= 4 is 5.78 Å². The Morgan fingerprint density at radius 2 is 1.95 bits per heavy atom. The van der Waals surface area contributed by atoms with E-state index in [4.69, 9.17) is 0 Å². The van der Waals surface area contributed by atoms with E-state index in [9.17, 15) is 9.90 Å². The first-order chi connectivity index (χ1) is 10.5. The van der Waals surface area contributed by atoms with Crippen LogP contribution in [0.15, 0.2) is 11.1 Å². The fourth-order valence-corrected chi connectivity index (χ4v) is 6.88. The normalized spacial score (nSPS) is 46.0. The molecule has 0 unspecified atom stereocenters. The van der Waals surface area contributed by atoms with Crippen LogP contribution >= 0.6 is 0 Å². The molecule has 4 rings (SSSR count). The molecule has 1 N–H and O–H groups in total. The molecule has 0 aromatic heterocycles. The summed E-state index contributed by atoms with van der Waals surface area (Å²) in [5.74, 6) is 3.37. The number of rotatable bonds is 1. The van der Waals surface area contributed by atoms with Crippen molar-refractivity contribution in [1.82, 2.24) is 0 Å². The molecule has 22 heavy (non-hydrogen) atoms. The molecule has 122 valence electrons. The highest BCUT2D eigenvalue weighted by Gasteiger charge is 2.55. The Balaban J connectivity index is 1.62. The molecule has 0 saturated heterocycles. The second-order valence-electron chi connectivity index (χ2n) is 8.73. The van der Waals surface area contributed by atoms with Crippen molar-refractivity contribution in [3.8, 4) is 0 Å². The van der Waals surface area contributed by atoms with E-state index in [0.717, 1.165) is 37.0 Å². The van der Waals surface area contributed by atoms with Gasteiger partial charge in [0.2, 0.25) is 0 Å². The topological polar surface area (TPSA) is 37.3 Å². The Labute approximate surface area is 134 Å². The number of ketones is 1. The fraction of sp³-hybridized carbons (Fsp3) is 0.850. The molecule has 4 aliphatic carbocycles. The van der Waals surface area contributed by atoms with Crippen LogP contribution in [-0.4, -0.2) is 17.0 Å². The maximum absolute atomic E-state index is 11.8.